The van der Waals surface area contributed by atoms with E-state index in [1.165, 1.54) is 11.1 Å². The van der Waals surface area contributed by atoms with E-state index < -0.39 is 0 Å². The quantitative estimate of drug-likeness (QED) is 0.767. The van der Waals surface area contributed by atoms with E-state index in [0.717, 1.165) is 17.5 Å². The predicted octanol–water partition coefficient (Wildman–Crippen LogP) is 3.66. The van der Waals surface area contributed by atoms with Gasteiger partial charge in [-0.05, 0) is 36.6 Å². The Morgan fingerprint density at radius 2 is 1.95 bits per heavy atom. The van der Waals surface area contributed by atoms with Crippen LogP contribution in [0, 0.1) is 6.92 Å². The number of hydrogen-bond donors (Lipinski definition) is 1. The summed E-state index contributed by atoms with van der Waals surface area (Å²) in [5.74, 6) is 1.20. The number of anilines is 1. The molecule has 3 nitrogen and oxygen atoms in total. The maximum atomic E-state index is 6.14. The fourth-order valence-electron chi connectivity index (χ4n) is 3.10. The Morgan fingerprint density at radius 1 is 1.15 bits per heavy atom. The normalized spacial score (nSPS) is 21.2. The van der Waals surface area contributed by atoms with Crippen molar-refractivity contribution in [2.75, 3.05) is 5.73 Å². The number of nitrogen functional groups attached to an aromatic ring is 1. The van der Waals surface area contributed by atoms with Crippen LogP contribution in [0.3, 0.4) is 0 Å². The van der Waals surface area contributed by atoms with Crippen LogP contribution in [0.5, 0.6) is 0 Å². The molecule has 0 radical (unpaired) electrons. The molecule has 0 spiro atoms. The first-order chi connectivity index (χ1) is 9.74. The van der Waals surface area contributed by atoms with E-state index in [9.17, 15) is 0 Å². The number of aryl methyl sites for hydroxylation is 1. The molecule has 3 heteroatoms. The second kappa shape index (κ2) is 4.10. The van der Waals surface area contributed by atoms with Crippen molar-refractivity contribution >= 4 is 17.0 Å². The maximum Gasteiger partial charge on any atom is 0.201 e. The van der Waals surface area contributed by atoms with Crippen molar-refractivity contribution in [3.63, 3.8) is 0 Å². The lowest BCUT2D eigenvalue weighted by atomic mass is 10.1. The van der Waals surface area contributed by atoms with Gasteiger partial charge in [-0.3, -0.25) is 0 Å². The fraction of sp³-hybridized carbons (Fsp3) is 0.235. The summed E-state index contributed by atoms with van der Waals surface area (Å²) in [5.41, 5.74) is 10.9. The molecule has 2 aromatic carbocycles. The lowest BCUT2D eigenvalue weighted by molar-refractivity contribution is 0.751. The number of fused-ring (bicyclic) bond motifs is 1. The topological polar surface area (TPSA) is 43.8 Å². The average molecular weight is 263 g/mol. The Kier molecular flexibility index (Phi) is 2.36. The Morgan fingerprint density at radius 3 is 2.75 bits per heavy atom. The summed E-state index contributed by atoms with van der Waals surface area (Å²) < 4.78 is 2.20. The van der Waals surface area contributed by atoms with Gasteiger partial charge in [0.15, 0.2) is 0 Å². The number of hydrogen-bond acceptors (Lipinski definition) is 2. The van der Waals surface area contributed by atoms with Gasteiger partial charge >= 0.3 is 0 Å². The number of benzene rings is 2. The van der Waals surface area contributed by atoms with E-state index in [2.05, 4.69) is 65.0 Å². The standard InChI is InChI=1S/C17H17N3/c1-11-7-8-15-14(9-11)19-17(18)20(15)16-10-13(16)12-5-3-2-4-6-12/h2-9,13,16H,10H2,1H3,(H2,18,19). The summed E-state index contributed by atoms with van der Waals surface area (Å²) >= 11 is 0. The van der Waals surface area contributed by atoms with Crippen molar-refractivity contribution in [3.8, 4) is 0 Å². The highest BCUT2D eigenvalue weighted by molar-refractivity contribution is 5.79. The average Bonchev–Trinajstić information content (AvgIpc) is 3.16. The molecule has 4 rings (SSSR count). The SMILES string of the molecule is Cc1ccc2c(c1)nc(N)n2C1CC1c1ccccc1. The molecular weight excluding hydrogens is 246 g/mol. The zero-order valence-electron chi connectivity index (χ0n) is 11.5. The summed E-state index contributed by atoms with van der Waals surface area (Å²) in [5, 5.41) is 0. The number of imidazole rings is 1. The van der Waals surface area contributed by atoms with E-state index in [0.29, 0.717) is 17.9 Å². The molecular formula is C17H17N3. The van der Waals surface area contributed by atoms with Crippen LogP contribution in [0.15, 0.2) is 48.5 Å². The van der Waals surface area contributed by atoms with E-state index in [4.69, 9.17) is 5.73 Å². The van der Waals surface area contributed by atoms with Gasteiger partial charge in [-0.25, -0.2) is 4.98 Å². The Bertz CT molecular complexity index is 774. The van der Waals surface area contributed by atoms with Gasteiger partial charge in [0.25, 0.3) is 0 Å². The molecule has 0 aliphatic heterocycles. The minimum absolute atomic E-state index is 0.449. The molecule has 0 saturated heterocycles. The third kappa shape index (κ3) is 1.70. The second-order valence-electron chi connectivity index (χ2n) is 5.65. The fourth-order valence-corrected chi connectivity index (χ4v) is 3.10. The molecule has 1 aliphatic rings. The largest absolute Gasteiger partial charge is 0.369 e. The summed E-state index contributed by atoms with van der Waals surface area (Å²) in [6.07, 6.45) is 1.15. The third-order valence-electron chi connectivity index (χ3n) is 4.19. The van der Waals surface area contributed by atoms with E-state index in [1.807, 2.05) is 0 Å². The van der Waals surface area contributed by atoms with Gasteiger partial charge < -0.3 is 10.3 Å². The predicted molar refractivity (Wildman–Crippen MR) is 81.7 cm³/mol. The van der Waals surface area contributed by atoms with Gasteiger partial charge in [0.2, 0.25) is 5.95 Å². The van der Waals surface area contributed by atoms with Crippen LogP contribution < -0.4 is 5.73 Å². The number of nitrogens with two attached hydrogens (primary N) is 1. The molecule has 1 aromatic heterocycles. The lowest BCUT2D eigenvalue weighted by Gasteiger charge is -2.06. The molecule has 2 N–H and O–H groups in total. The second-order valence-corrected chi connectivity index (χ2v) is 5.65. The molecule has 20 heavy (non-hydrogen) atoms. The summed E-state index contributed by atoms with van der Waals surface area (Å²) in [7, 11) is 0. The lowest BCUT2D eigenvalue weighted by Crippen LogP contribution is -2.02. The molecule has 1 heterocycles. The number of rotatable bonds is 2. The molecule has 1 saturated carbocycles. The number of nitrogens with zero attached hydrogens (tertiary/aromatic N) is 2. The first-order valence-electron chi connectivity index (χ1n) is 7.03. The van der Waals surface area contributed by atoms with E-state index >= 15 is 0 Å². The molecule has 0 bridgehead atoms. The van der Waals surface area contributed by atoms with Crippen LogP contribution in [0.4, 0.5) is 5.95 Å². The van der Waals surface area contributed by atoms with Crippen molar-refractivity contribution in [2.24, 2.45) is 0 Å². The van der Waals surface area contributed by atoms with Crippen LogP contribution in [0.2, 0.25) is 0 Å². The highest BCUT2D eigenvalue weighted by Crippen LogP contribution is 2.53. The van der Waals surface area contributed by atoms with E-state index in [-0.39, 0.29) is 0 Å². The van der Waals surface area contributed by atoms with Gasteiger partial charge in [-0.1, -0.05) is 36.4 Å². The molecule has 100 valence electrons. The summed E-state index contributed by atoms with van der Waals surface area (Å²) in [6.45, 7) is 2.08. The van der Waals surface area contributed by atoms with Gasteiger partial charge in [-0.15, -0.1) is 0 Å². The minimum atomic E-state index is 0.449. The van der Waals surface area contributed by atoms with Crippen LogP contribution >= 0.6 is 0 Å². The number of aromatic nitrogens is 2. The van der Waals surface area contributed by atoms with Gasteiger partial charge in [-0.2, -0.15) is 0 Å². The third-order valence-corrected chi connectivity index (χ3v) is 4.19. The molecule has 0 amide bonds. The zero-order valence-corrected chi connectivity index (χ0v) is 11.5. The van der Waals surface area contributed by atoms with Crippen molar-refractivity contribution in [3.05, 3.63) is 59.7 Å². The van der Waals surface area contributed by atoms with Crippen molar-refractivity contribution < 1.29 is 0 Å². The van der Waals surface area contributed by atoms with Crippen LogP contribution in [-0.4, -0.2) is 9.55 Å². The highest BCUT2D eigenvalue weighted by atomic mass is 15.2. The maximum absolute atomic E-state index is 6.14. The highest BCUT2D eigenvalue weighted by Gasteiger charge is 2.41. The zero-order chi connectivity index (χ0) is 13.7. The molecule has 1 aliphatic carbocycles. The van der Waals surface area contributed by atoms with E-state index in [1.54, 1.807) is 0 Å². The van der Waals surface area contributed by atoms with Crippen LogP contribution in [-0.2, 0) is 0 Å². The molecule has 2 unspecified atom stereocenters. The Balaban J connectivity index is 1.76. The van der Waals surface area contributed by atoms with Gasteiger partial charge in [0.1, 0.15) is 0 Å². The minimum Gasteiger partial charge on any atom is -0.369 e. The molecule has 1 fully saturated rings. The van der Waals surface area contributed by atoms with Gasteiger partial charge in [0.05, 0.1) is 11.0 Å². The molecule has 2 atom stereocenters. The van der Waals surface area contributed by atoms with Gasteiger partial charge in [0, 0.05) is 12.0 Å². The monoisotopic (exact) mass is 263 g/mol. The first kappa shape index (κ1) is 11.5. The Labute approximate surface area is 118 Å². The van der Waals surface area contributed by atoms with Crippen molar-refractivity contribution in [1.29, 1.82) is 0 Å². The molecule has 3 aromatic rings. The summed E-state index contributed by atoms with van der Waals surface area (Å²) in [6, 6.07) is 17.5. The smallest absolute Gasteiger partial charge is 0.201 e. The summed E-state index contributed by atoms with van der Waals surface area (Å²) in [4.78, 5) is 4.50. The van der Waals surface area contributed by atoms with Crippen LogP contribution in [0.25, 0.3) is 11.0 Å². The Hall–Kier alpha value is -2.29. The first-order valence-corrected chi connectivity index (χ1v) is 7.03. The van der Waals surface area contributed by atoms with Crippen molar-refractivity contribution in [1.82, 2.24) is 9.55 Å². The van der Waals surface area contributed by atoms with Crippen LogP contribution in [0.1, 0.15) is 29.5 Å². The van der Waals surface area contributed by atoms with Crippen molar-refractivity contribution in [2.45, 2.75) is 25.3 Å².